The van der Waals surface area contributed by atoms with Crippen LogP contribution in [0, 0.1) is 5.92 Å². The van der Waals surface area contributed by atoms with Crippen molar-refractivity contribution in [2.24, 2.45) is 5.92 Å². The molecule has 3 aromatic heterocycles. The molecule has 124 valence electrons. The highest BCUT2D eigenvalue weighted by Crippen LogP contribution is 2.20. The zero-order valence-electron chi connectivity index (χ0n) is 13.3. The first-order chi connectivity index (χ1) is 11.9. The highest BCUT2D eigenvalue weighted by Gasteiger charge is 2.24. The third-order valence-electron chi connectivity index (χ3n) is 4.18. The van der Waals surface area contributed by atoms with Crippen molar-refractivity contribution in [2.75, 3.05) is 25.0 Å². The second kappa shape index (κ2) is 6.84. The smallest absolute Gasteiger partial charge is 0.241 e. The third kappa shape index (κ3) is 3.46. The molecule has 7 heteroatoms. The van der Waals surface area contributed by atoms with Gasteiger partial charge in [0.2, 0.25) is 11.7 Å². The third-order valence-corrected chi connectivity index (χ3v) is 4.18. The fourth-order valence-corrected chi connectivity index (χ4v) is 2.96. The number of furan rings is 1. The molecule has 3 aromatic rings. The standard InChI is InChI=1S/C17H19N5O2/c1-2-7-18-15(5-1)19-10-13-6-8-22(11-13)12-16-20-17(21-24-16)14-4-3-9-23-14/h1-5,7,9,13H,6,8,10-12H2,(H,18,19)/t13-/m0/s1. The maximum absolute atomic E-state index is 5.33. The summed E-state index contributed by atoms with van der Waals surface area (Å²) in [7, 11) is 0. The van der Waals surface area contributed by atoms with Crippen molar-refractivity contribution >= 4 is 5.82 Å². The summed E-state index contributed by atoms with van der Waals surface area (Å²) in [4.78, 5) is 11.0. The Labute approximate surface area is 139 Å². The van der Waals surface area contributed by atoms with Gasteiger partial charge >= 0.3 is 0 Å². The van der Waals surface area contributed by atoms with Crippen LogP contribution in [-0.4, -0.2) is 39.7 Å². The van der Waals surface area contributed by atoms with Crippen LogP contribution in [0.4, 0.5) is 5.82 Å². The average Bonchev–Trinajstić information content (AvgIpc) is 3.36. The molecule has 1 aliphatic heterocycles. The predicted molar refractivity (Wildman–Crippen MR) is 88.1 cm³/mol. The highest BCUT2D eigenvalue weighted by molar-refractivity contribution is 5.44. The van der Waals surface area contributed by atoms with Gasteiger partial charge in [0.15, 0.2) is 5.76 Å². The van der Waals surface area contributed by atoms with E-state index in [0.717, 1.165) is 31.9 Å². The Hall–Kier alpha value is -2.67. The van der Waals surface area contributed by atoms with E-state index in [1.165, 1.54) is 0 Å². The summed E-state index contributed by atoms with van der Waals surface area (Å²) in [6.45, 7) is 3.65. The molecule has 0 bridgehead atoms. The van der Waals surface area contributed by atoms with E-state index in [2.05, 4.69) is 25.3 Å². The molecule has 0 amide bonds. The maximum atomic E-state index is 5.33. The molecule has 1 saturated heterocycles. The van der Waals surface area contributed by atoms with Crippen LogP contribution < -0.4 is 5.32 Å². The van der Waals surface area contributed by atoms with Gasteiger partial charge in [0, 0.05) is 19.3 Å². The van der Waals surface area contributed by atoms with Crippen LogP contribution in [0.2, 0.25) is 0 Å². The summed E-state index contributed by atoms with van der Waals surface area (Å²) >= 11 is 0. The summed E-state index contributed by atoms with van der Waals surface area (Å²) < 4.78 is 10.6. The molecular formula is C17H19N5O2. The molecule has 0 spiro atoms. The quantitative estimate of drug-likeness (QED) is 0.746. The average molecular weight is 325 g/mol. The first-order valence-electron chi connectivity index (χ1n) is 8.10. The van der Waals surface area contributed by atoms with Crippen LogP contribution in [0.5, 0.6) is 0 Å². The minimum absolute atomic E-state index is 0.502. The number of likely N-dealkylation sites (tertiary alicyclic amines) is 1. The van der Waals surface area contributed by atoms with Crippen LogP contribution in [0.25, 0.3) is 11.6 Å². The predicted octanol–water partition coefficient (Wildman–Crippen LogP) is 2.66. The molecule has 1 fully saturated rings. The number of nitrogens with zero attached hydrogens (tertiary/aromatic N) is 4. The van der Waals surface area contributed by atoms with Crippen LogP contribution in [0.3, 0.4) is 0 Å². The Morgan fingerprint density at radius 2 is 2.25 bits per heavy atom. The minimum atomic E-state index is 0.502. The molecule has 0 aliphatic carbocycles. The van der Waals surface area contributed by atoms with Gasteiger partial charge in [-0.05, 0) is 43.1 Å². The van der Waals surface area contributed by atoms with E-state index in [-0.39, 0.29) is 0 Å². The molecule has 1 aliphatic rings. The molecule has 0 unspecified atom stereocenters. The lowest BCUT2D eigenvalue weighted by atomic mass is 10.1. The molecule has 0 saturated carbocycles. The van der Waals surface area contributed by atoms with Crippen molar-refractivity contribution in [3.8, 4) is 11.6 Å². The Balaban J connectivity index is 1.28. The van der Waals surface area contributed by atoms with E-state index >= 15 is 0 Å². The maximum Gasteiger partial charge on any atom is 0.241 e. The molecule has 0 radical (unpaired) electrons. The number of aromatic nitrogens is 3. The first-order valence-corrected chi connectivity index (χ1v) is 8.10. The summed E-state index contributed by atoms with van der Waals surface area (Å²) in [5.74, 6) is 3.28. The van der Waals surface area contributed by atoms with Gasteiger partial charge in [-0.15, -0.1) is 0 Å². The van der Waals surface area contributed by atoms with Crippen molar-refractivity contribution in [2.45, 2.75) is 13.0 Å². The van der Waals surface area contributed by atoms with E-state index in [9.17, 15) is 0 Å². The fourth-order valence-electron chi connectivity index (χ4n) is 2.96. The van der Waals surface area contributed by atoms with Gasteiger partial charge < -0.3 is 14.3 Å². The van der Waals surface area contributed by atoms with Gasteiger partial charge in [-0.25, -0.2) is 4.98 Å². The van der Waals surface area contributed by atoms with Crippen molar-refractivity contribution < 1.29 is 8.94 Å². The van der Waals surface area contributed by atoms with Crippen molar-refractivity contribution in [3.63, 3.8) is 0 Å². The summed E-state index contributed by atoms with van der Waals surface area (Å²) in [6.07, 6.45) is 4.56. The summed E-state index contributed by atoms with van der Waals surface area (Å²) in [5.41, 5.74) is 0. The number of rotatable bonds is 6. The Morgan fingerprint density at radius 3 is 3.08 bits per heavy atom. The Morgan fingerprint density at radius 1 is 1.25 bits per heavy atom. The highest BCUT2D eigenvalue weighted by atomic mass is 16.5. The molecule has 0 aromatic carbocycles. The number of nitrogens with one attached hydrogen (secondary N) is 1. The van der Waals surface area contributed by atoms with Gasteiger partial charge in [-0.2, -0.15) is 4.98 Å². The second-order valence-electron chi connectivity index (χ2n) is 5.97. The molecular weight excluding hydrogens is 306 g/mol. The van der Waals surface area contributed by atoms with Crippen molar-refractivity contribution in [1.82, 2.24) is 20.0 Å². The van der Waals surface area contributed by atoms with Gasteiger partial charge in [-0.3, -0.25) is 4.90 Å². The molecule has 24 heavy (non-hydrogen) atoms. The fraction of sp³-hybridized carbons (Fsp3) is 0.353. The van der Waals surface area contributed by atoms with Gasteiger partial charge in [-0.1, -0.05) is 11.2 Å². The van der Waals surface area contributed by atoms with Crippen LogP contribution in [-0.2, 0) is 6.54 Å². The lowest BCUT2D eigenvalue weighted by Crippen LogP contribution is -2.23. The van der Waals surface area contributed by atoms with E-state index in [1.54, 1.807) is 12.5 Å². The summed E-state index contributed by atoms with van der Waals surface area (Å²) in [5, 5.41) is 7.36. The van der Waals surface area contributed by atoms with Crippen LogP contribution in [0.15, 0.2) is 51.7 Å². The Kier molecular flexibility index (Phi) is 4.24. The second-order valence-corrected chi connectivity index (χ2v) is 5.97. The van der Waals surface area contributed by atoms with Crippen molar-refractivity contribution in [3.05, 3.63) is 48.7 Å². The van der Waals surface area contributed by atoms with Crippen LogP contribution >= 0.6 is 0 Å². The molecule has 4 heterocycles. The van der Waals surface area contributed by atoms with Gasteiger partial charge in [0.25, 0.3) is 0 Å². The normalized spacial score (nSPS) is 18.1. The molecule has 7 nitrogen and oxygen atoms in total. The zero-order chi connectivity index (χ0) is 16.2. The first kappa shape index (κ1) is 14.9. The molecule has 1 N–H and O–H groups in total. The number of hydrogen-bond donors (Lipinski definition) is 1. The number of hydrogen-bond acceptors (Lipinski definition) is 7. The minimum Gasteiger partial charge on any atom is -0.461 e. The lowest BCUT2D eigenvalue weighted by Gasteiger charge is -2.14. The Bertz CT molecular complexity index is 756. The topological polar surface area (TPSA) is 80.2 Å². The SMILES string of the molecule is c1ccc(NC[C@@H]2CCN(Cc3nc(-c4ccco4)no3)C2)nc1. The molecule has 4 rings (SSSR count). The summed E-state index contributed by atoms with van der Waals surface area (Å²) in [6, 6.07) is 9.53. The van der Waals surface area contributed by atoms with E-state index in [0.29, 0.717) is 29.9 Å². The number of pyridine rings is 1. The van der Waals surface area contributed by atoms with E-state index in [1.807, 2.05) is 30.3 Å². The van der Waals surface area contributed by atoms with Gasteiger partial charge in [0.1, 0.15) is 5.82 Å². The number of anilines is 1. The zero-order valence-corrected chi connectivity index (χ0v) is 13.3. The monoisotopic (exact) mass is 325 g/mol. The molecule has 1 atom stereocenters. The van der Waals surface area contributed by atoms with Gasteiger partial charge in [0.05, 0.1) is 12.8 Å². The van der Waals surface area contributed by atoms with Crippen molar-refractivity contribution in [1.29, 1.82) is 0 Å². The van der Waals surface area contributed by atoms with Crippen LogP contribution in [0.1, 0.15) is 12.3 Å². The van der Waals surface area contributed by atoms with E-state index < -0.39 is 0 Å². The van der Waals surface area contributed by atoms with E-state index in [4.69, 9.17) is 8.94 Å². The largest absolute Gasteiger partial charge is 0.461 e. The lowest BCUT2D eigenvalue weighted by molar-refractivity contribution is 0.261.